The van der Waals surface area contributed by atoms with Crippen LogP contribution in [0.15, 0.2) is 30.6 Å². The molecule has 0 aliphatic heterocycles. The number of aromatic nitrogens is 2. The molecule has 0 radical (unpaired) electrons. The summed E-state index contributed by atoms with van der Waals surface area (Å²) in [5.74, 6) is -0.548. The highest BCUT2D eigenvalue weighted by Crippen LogP contribution is 2.23. The van der Waals surface area contributed by atoms with Gasteiger partial charge in [0.25, 0.3) is 5.91 Å². The molecule has 20 heavy (non-hydrogen) atoms. The quantitative estimate of drug-likeness (QED) is 0.893. The zero-order chi connectivity index (χ0) is 14.9. The number of anilines is 1. The first kappa shape index (κ1) is 14.4. The van der Waals surface area contributed by atoms with E-state index in [-0.39, 0.29) is 16.9 Å². The number of hydrogen-bond donors (Lipinski definition) is 2. The van der Waals surface area contributed by atoms with Crippen molar-refractivity contribution in [3.8, 4) is 5.75 Å². The summed E-state index contributed by atoms with van der Waals surface area (Å²) in [4.78, 5) is 12.1. The first-order chi connectivity index (χ1) is 9.27. The third-order valence-corrected chi connectivity index (χ3v) is 2.97. The molecule has 0 saturated carbocycles. The number of rotatable bonds is 2. The smallest absolute Gasteiger partial charge is 0.259 e. The number of carbonyl (C=O) groups is 1. The van der Waals surface area contributed by atoms with Crippen molar-refractivity contribution in [3.05, 3.63) is 41.2 Å². The van der Waals surface area contributed by atoms with Crippen LogP contribution in [-0.4, -0.2) is 20.8 Å². The number of phenolic OH excluding ortho intramolecular Hbond substituents is 1. The summed E-state index contributed by atoms with van der Waals surface area (Å²) in [6, 6.07) is 4.32. The molecule has 0 saturated heterocycles. The van der Waals surface area contributed by atoms with Gasteiger partial charge in [0.05, 0.1) is 23.0 Å². The summed E-state index contributed by atoms with van der Waals surface area (Å²) in [6.07, 6.45) is 3.30. The maximum absolute atomic E-state index is 12.1. The van der Waals surface area contributed by atoms with Crippen molar-refractivity contribution in [1.29, 1.82) is 0 Å². The van der Waals surface area contributed by atoms with Crippen LogP contribution in [0.5, 0.6) is 5.75 Å². The van der Waals surface area contributed by atoms with Crippen molar-refractivity contribution >= 4 is 23.2 Å². The maximum atomic E-state index is 12.1. The van der Waals surface area contributed by atoms with E-state index >= 15 is 0 Å². The molecule has 0 aliphatic rings. The average Bonchev–Trinajstić information content (AvgIpc) is 2.80. The van der Waals surface area contributed by atoms with Crippen molar-refractivity contribution in [3.63, 3.8) is 0 Å². The fourth-order valence-corrected chi connectivity index (χ4v) is 1.81. The number of benzene rings is 1. The van der Waals surface area contributed by atoms with E-state index in [2.05, 4.69) is 10.4 Å². The normalized spacial score (nSPS) is 11.4. The van der Waals surface area contributed by atoms with Gasteiger partial charge in [0.2, 0.25) is 0 Å². The summed E-state index contributed by atoms with van der Waals surface area (Å²) in [5, 5.41) is 16.9. The number of aromatic hydroxyl groups is 1. The molecule has 0 spiro atoms. The van der Waals surface area contributed by atoms with E-state index in [1.807, 2.05) is 20.8 Å². The van der Waals surface area contributed by atoms with Gasteiger partial charge in [-0.2, -0.15) is 5.10 Å². The van der Waals surface area contributed by atoms with E-state index in [0.29, 0.717) is 10.7 Å². The Morgan fingerprint density at radius 3 is 2.70 bits per heavy atom. The fraction of sp³-hybridized carbons (Fsp3) is 0.286. The molecule has 2 aromatic rings. The van der Waals surface area contributed by atoms with Gasteiger partial charge in [-0.1, -0.05) is 11.6 Å². The van der Waals surface area contributed by atoms with Gasteiger partial charge in [-0.25, -0.2) is 0 Å². The third kappa shape index (κ3) is 3.11. The molecule has 2 N–H and O–H groups in total. The lowest BCUT2D eigenvalue weighted by Gasteiger charge is -2.18. The van der Waals surface area contributed by atoms with E-state index in [0.717, 1.165) is 0 Å². The molecule has 5 nitrogen and oxygen atoms in total. The molecule has 1 amide bonds. The number of nitrogens with zero attached hydrogens (tertiary/aromatic N) is 2. The van der Waals surface area contributed by atoms with E-state index in [1.54, 1.807) is 17.1 Å². The van der Waals surface area contributed by atoms with Crippen molar-refractivity contribution < 1.29 is 9.90 Å². The van der Waals surface area contributed by atoms with Crippen LogP contribution in [0.4, 0.5) is 5.69 Å². The second-order valence-corrected chi connectivity index (χ2v) is 5.90. The highest BCUT2D eigenvalue weighted by molar-refractivity contribution is 6.31. The van der Waals surface area contributed by atoms with E-state index in [9.17, 15) is 9.90 Å². The average molecular weight is 294 g/mol. The van der Waals surface area contributed by atoms with Crippen LogP contribution in [0.1, 0.15) is 31.1 Å². The molecule has 2 rings (SSSR count). The molecule has 1 aromatic carbocycles. The molecule has 1 aromatic heterocycles. The summed E-state index contributed by atoms with van der Waals surface area (Å²) in [7, 11) is 0. The Balaban J connectivity index is 2.20. The third-order valence-electron chi connectivity index (χ3n) is 2.73. The van der Waals surface area contributed by atoms with Gasteiger partial charge in [-0.3, -0.25) is 9.48 Å². The minimum atomic E-state index is -0.432. The molecule has 6 heteroatoms. The molecule has 106 valence electrons. The van der Waals surface area contributed by atoms with Gasteiger partial charge < -0.3 is 10.4 Å². The Hall–Kier alpha value is -2.01. The Bertz CT molecular complexity index is 644. The number of amides is 1. The number of carbonyl (C=O) groups excluding carboxylic acids is 1. The number of hydrogen-bond acceptors (Lipinski definition) is 3. The lowest BCUT2D eigenvalue weighted by atomic mass is 10.1. The molecular formula is C14H16ClN3O2. The van der Waals surface area contributed by atoms with Gasteiger partial charge in [-0.05, 0) is 39.0 Å². The lowest BCUT2D eigenvalue weighted by Crippen LogP contribution is -2.22. The summed E-state index contributed by atoms with van der Waals surface area (Å²) in [5.41, 5.74) is 0.520. The second kappa shape index (κ2) is 5.17. The minimum absolute atomic E-state index is 0.116. The van der Waals surface area contributed by atoms with Crippen molar-refractivity contribution in [2.75, 3.05) is 5.32 Å². The first-order valence-electron chi connectivity index (χ1n) is 6.12. The largest absolute Gasteiger partial charge is 0.507 e. The molecule has 0 fully saturated rings. The van der Waals surface area contributed by atoms with Gasteiger partial charge in [0.1, 0.15) is 5.75 Å². The minimum Gasteiger partial charge on any atom is -0.507 e. The summed E-state index contributed by atoms with van der Waals surface area (Å²) < 4.78 is 1.75. The summed E-state index contributed by atoms with van der Waals surface area (Å²) in [6.45, 7) is 6.02. The first-order valence-corrected chi connectivity index (χ1v) is 6.50. The molecular weight excluding hydrogens is 278 g/mol. The van der Waals surface area contributed by atoms with Crippen molar-refractivity contribution in [2.24, 2.45) is 0 Å². The standard InChI is InChI=1S/C14H16ClN3O2/c1-14(2,3)18-8-10(7-16-18)17-13(20)11-6-9(15)4-5-12(11)19/h4-8,19H,1-3H3,(H,17,20). The number of halogens is 1. The lowest BCUT2D eigenvalue weighted by molar-refractivity contribution is 0.102. The Morgan fingerprint density at radius 2 is 2.10 bits per heavy atom. The van der Waals surface area contributed by atoms with Crippen LogP contribution in [0, 0.1) is 0 Å². The maximum Gasteiger partial charge on any atom is 0.259 e. The predicted molar refractivity (Wildman–Crippen MR) is 78.3 cm³/mol. The van der Waals surface area contributed by atoms with Crippen LogP contribution >= 0.6 is 11.6 Å². The SMILES string of the molecule is CC(C)(C)n1cc(NC(=O)c2cc(Cl)ccc2O)cn1. The monoisotopic (exact) mass is 293 g/mol. The van der Waals surface area contributed by atoms with Gasteiger partial charge in [0.15, 0.2) is 0 Å². The van der Waals surface area contributed by atoms with Crippen LogP contribution in [-0.2, 0) is 5.54 Å². The zero-order valence-corrected chi connectivity index (χ0v) is 12.3. The van der Waals surface area contributed by atoms with Crippen LogP contribution < -0.4 is 5.32 Å². The highest BCUT2D eigenvalue weighted by atomic mass is 35.5. The van der Waals surface area contributed by atoms with E-state index in [4.69, 9.17) is 11.6 Å². The second-order valence-electron chi connectivity index (χ2n) is 5.46. The fourth-order valence-electron chi connectivity index (χ4n) is 1.64. The van der Waals surface area contributed by atoms with Crippen LogP contribution in [0.3, 0.4) is 0 Å². The molecule has 0 bridgehead atoms. The summed E-state index contributed by atoms with van der Waals surface area (Å²) >= 11 is 5.82. The Kier molecular flexibility index (Phi) is 3.72. The predicted octanol–water partition coefficient (Wildman–Crippen LogP) is 3.25. The van der Waals surface area contributed by atoms with Crippen molar-refractivity contribution in [1.82, 2.24) is 9.78 Å². The molecule has 0 aliphatic carbocycles. The number of nitrogens with one attached hydrogen (secondary N) is 1. The van der Waals surface area contributed by atoms with Gasteiger partial charge in [0, 0.05) is 11.2 Å². The topological polar surface area (TPSA) is 67.2 Å². The van der Waals surface area contributed by atoms with Crippen LogP contribution in [0.25, 0.3) is 0 Å². The van der Waals surface area contributed by atoms with Crippen LogP contribution in [0.2, 0.25) is 5.02 Å². The van der Waals surface area contributed by atoms with E-state index < -0.39 is 5.91 Å². The zero-order valence-electron chi connectivity index (χ0n) is 11.5. The molecule has 1 heterocycles. The highest BCUT2D eigenvalue weighted by Gasteiger charge is 2.16. The van der Waals surface area contributed by atoms with E-state index in [1.165, 1.54) is 18.2 Å². The number of phenols is 1. The molecule has 0 atom stereocenters. The Morgan fingerprint density at radius 1 is 1.40 bits per heavy atom. The van der Waals surface area contributed by atoms with Gasteiger partial charge >= 0.3 is 0 Å². The Labute approximate surface area is 122 Å². The van der Waals surface area contributed by atoms with Gasteiger partial charge in [-0.15, -0.1) is 0 Å². The molecule has 0 unspecified atom stereocenters. The van der Waals surface area contributed by atoms with Crippen molar-refractivity contribution in [2.45, 2.75) is 26.3 Å².